The first-order valence-electron chi connectivity index (χ1n) is 8.08. The van der Waals surface area contributed by atoms with Crippen LogP contribution in [0.4, 0.5) is 0 Å². The molecule has 0 radical (unpaired) electrons. The van der Waals surface area contributed by atoms with E-state index >= 15 is 0 Å². The van der Waals surface area contributed by atoms with Crippen molar-refractivity contribution >= 4 is 0 Å². The third kappa shape index (κ3) is 5.37. The smallest absolute Gasteiger partial charge is 0.135 e. The van der Waals surface area contributed by atoms with E-state index in [1.54, 1.807) is 28.1 Å². The van der Waals surface area contributed by atoms with E-state index in [1.807, 2.05) is 24.3 Å². The van der Waals surface area contributed by atoms with E-state index in [4.69, 9.17) is 13.9 Å². The highest BCUT2D eigenvalue weighted by molar-refractivity contribution is 5.27. The predicted octanol–water partition coefficient (Wildman–Crippen LogP) is 3.16. The molecule has 0 saturated heterocycles. The van der Waals surface area contributed by atoms with Gasteiger partial charge in [-0.25, -0.2) is 0 Å². The first-order valence-corrected chi connectivity index (χ1v) is 8.08. The van der Waals surface area contributed by atoms with E-state index in [0.717, 1.165) is 24.6 Å². The quantitative estimate of drug-likeness (QED) is 0.764. The lowest BCUT2D eigenvalue weighted by atomic mass is 10.1. The second kappa shape index (κ2) is 8.33. The lowest BCUT2D eigenvalue weighted by molar-refractivity contribution is 0.0511. The number of benzene rings is 1. The minimum Gasteiger partial charge on any atom is -0.497 e. The number of hydrogen-bond donors (Lipinski definition) is 1. The molecule has 1 N–H and O–H groups in total. The van der Waals surface area contributed by atoms with Crippen LogP contribution in [0.25, 0.3) is 0 Å². The summed E-state index contributed by atoms with van der Waals surface area (Å²) in [4.78, 5) is 2.25. The molecular weight excluding hydrogens is 306 g/mol. The Hall–Kier alpha value is -1.82. The van der Waals surface area contributed by atoms with Crippen LogP contribution < -0.4 is 4.74 Å². The number of rotatable bonds is 9. The fraction of sp³-hybridized carbons (Fsp3) is 0.474. The van der Waals surface area contributed by atoms with Gasteiger partial charge in [-0.2, -0.15) is 0 Å². The van der Waals surface area contributed by atoms with Crippen molar-refractivity contribution in [2.24, 2.45) is 0 Å². The van der Waals surface area contributed by atoms with Crippen molar-refractivity contribution in [2.75, 3.05) is 27.4 Å². The molecule has 24 heavy (non-hydrogen) atoms. The molecule has 1 aromatic carbocycles. The van der Waals surface area contributed by atoms with Crippen LogP contribution in [-0.2, 0) is 23.4 Å². The van der Waals surface area contributed by atoms with Crippen LogP contribution in [0.5, 0.6) is 5.75 Å². The summed E-state index contributed by atoms with van der Waals surface area (Å²) >= 11 is 0. The average Bonchev–Trinajstić information content (AvgIpc) is 3.02. The Balaban J connectivity index is 2.05. The van der Waals surface area contributed by atoms with E-state index in [-0.39, 0.29) is 0 Å². The molecule has 1 aromatic heterocycles. The predicted molar refractivity (Wildman–Crippen MR) is 92.9 cm³/mol. The summed E-state index contributed by atoms with van der Waals surface area (Å²) in [6, 6.07) is 11.8. The van der Waals surface area contributed by atoms with Gasteiger partial charge in [-0.1, -0.05) is 12.1 Å². The van der Waals surface area contributed by atoms with Crippen LogP contribution in [0.3, 0.4) is 0 Å². The minimum absolute atomic E-state index is 0.577. The summed E-state index contributed by atoms with van der Waals surface area (Å²) < 4.78 is 16.2. The maximum Gasteiger partial charge on any atom is 0.135 e. The molecule has 0 atom stereocenters. The van der Waals surface area contributed by atoms with Crippen molar-refractivity contribution in [1.82, 2.24) is 4.90 Å². The number of nitrogens with zero attached hydrogens (tertiary/aromatic N) is 1. The molecule has 0 aliphatic rings. The number of furan rings is 1. The van der Waals surface area contributed by atoms with Crippen LogP contribution in [0, 0.1) is 0 Å². The third-order valence-corrected chi connectivity index (χ3v) is 3.82. The minimum atomic E-state index is -0.967. The summed E-state index contributed by atoms with van der Waals surface area (Å²) in [7, 11) is 3.36. The zero-order valence-corrected chi connectivity index (χ0v) is 14.9. The van der Waals surface area contributed by atoms with Crippen molar-refractivity contribution in [3.05, 3.63) is 53.5 Å². The summed E-state index contributed by atoms with van der Waals surface area (Å²) in [5.41, 5.74) is 0.229. The molecule has 0 amide bonds. The zero-order valence-electron chi connectivity index (χ0n) is 14.9. The van der Waals surface area contributed by atoms with Gasteiger partial charge in [0.05, 0.1) is 20.3 Å². The van der Waals surface area contributed by atoms with E-state index in [9.17, 15) is 5.11 Å². The Morgan fingerprint density at radius 1 is 1.04 bits per heavy atom. The number of methoxy groups -OCH3 is 2. The molecule has 2 aromatic rings. The Morgan fingerprint density at radius 2 is 1.75 bits per heavy atom. The zero-order chi connectivity index (χ0) is 17.6. The fourth-order valence-electron chi connectivity index (χ4n) is 2.44. The summed E-state index contributed by atoms with van der Waals surface area (Å²) in [5.74, 6) is 2.26. The molecule has 0 bridgehead atoms. The van der Waals surface area contributed by atoms with Gasteiger partial charge in [-0.15, -0.1) is 0 Å². The van der Waals surface area contributed by atoms with Crippen molar-refractivity contribution < 1.29 is 19.0 Å². The van der Waals surface area contributed by atoms with Gasteiger partial charge in [0.25, 0.3) is 0 Å². The molecule has 5 nitrogen and oxygen atoms in total. The molecule has 132 valence electrons. The van der Waals surface area contributed by atoms with Crippen LogP contribution >= 0.6 is 0 Å². The van der Waals surface area contributed by atoms with Gasteiger partial charge in [0.2, 0.25) is 0 Å². The summed E-state index contributed by atoms with van der Waals surface area (Å²) in [5, 5.41) is 10.0. The third-order valence-electron chi connectivity index (χ3n) is 3.82. The Morgan fingerprint density at radius 3 is 2.29 bits per heavy atom. The Kier molecular flexibility index (Phi) is 6.43. The van der Waals surface area contributed by atoms with E-state index < -0.39 is 5.60 Å². The first kappa shape index (κ1) is 18.5. The van der Waals surface area contributed by atoms with Gasteiger partial charge in [-0.3, -0.25) is 4.90 Å². The molecule has 2 rings (SSSR count). The largest absolute Gasteiger partial charge is 0.497 e. The van der Waals surface area contributed by atoms with Crippen LogP contribution in [-0.4, -0.2) is 37.4 Å². The van der Waals surface area contributed by atoms with Crippen molar-refractivity contribution in [2.45, 2.75) is 32.5 Å². The topological polar surface area (TPSA) is 55.1 Å². The lowest BCUT2D eigenvalue weighted by Crippen LogP contribution is -2.26. The summed E-state index contributed by atoms with van der Waals surface area (Å²) in [6.07, 6.45) is 0. The van der Waals surface area contributed by atoms with Crippen molar-refractivity contribution in [3.63, 3.8) is 0 Å². The number of aliphatic hydroxyl groups is 1. The molecule has 0 aliphatic carbocycles. The maximum absolute atomic E-state index is 10.0. The van der Waals surface area contributed by atoms with E-state index in [1.165, 1.54) is 5.56 Å². The maximum atomic E-state index is 10.0. The normalized spacial score (nSPS) is 11.9. The molecule has 0 aliphatic heterocycles. The molecule has 5 heteroatoms. The van der Waals surface area contributed by atoms with E-state index in [0.29, 0.717) is 18.9 Å². The van der Waals surface area contributed by atoms with Gasteiger partial charge >= 0.3 is 0 Å². The van der Waals surface area contributed by atoms with Crippen LogP contribution in [0.15, 0.2) is 40.8 Å². The molecule has 0 fully saturated rings. The molecule has 0 saturated carbocycles. The second-order valence-electron chi connectivity index (χ2n) is 6.38. The monoisotopic (exact) mass is 333 g/mol. The highest BCUT2D eigenvalue weighted by atomic mass is 16.5. The van der Waals surface area contributed by atoms with Crippen molar-refractivity contribution in [1.29, 1.82) is 0 Å². The molecule has 0 unspecified atom stereocenters. The van der Waals surface area contributed by atoms with Crippen LogP contribution in [0.2, 0.25) is 0 Å². The number of ether oxygens (including phenoxy) is 2. The molecule has 0 spiro atoms. The van der Waals surface area contributed by atoms with Crippen molar-refractivity contribution in [3.8, 4) is 5.75 Å². The van der Waals surface area contributed by atoms with Crippen LogP contribution in [0.1, 0.15) is 30.9 Å². The Labute approximate surface area is 143 Å². The highest BCUT2D eigenvalue weighted by Gasteiger charge is 2.21. The fourth-order valence-corrected chi connectivity index (χ4v) is 2.44. The van der Waals surface area contributed by atoms with Gasteiger partial charge in [0.15, 0.2) is 0 Å². The molecule has 1 heterocycles. The lowest BCUT2D eigenvalue weighted by Gasteiger charge is -2.21. The molecular formula is C19H27NO4. The van der Waals surface area contributed by atoms with E-state index in [2.05, 4.69) is 17.0 Å². The Bertz CT molecular complexity index is 613. The van der Waals surface area contributed by atoms with Gasteiger partial charge in [0.1, 0.15) is 22.9 Å². The SMILES string of the molecule is COCCN(Cc1ccc(OC)cc1)Cc1ccc(C(C)(C)O)o1. The van der Waals surface area contributed by atoms with Gasteiger partial charge < -0.3 is 19.0 Å². The van der Waals surface area contributed by atoms with Gasteiger partial charge in [-0.05, 0) is 43.7 Å². The first-order chi connectivity index (χ1) is 11.4. The van der Waals surface area contributed by atoms with Gasteiger partial charge in [0, 0.05) is 20.2 Å². The standard InChI is InChI=1S/C19H27NO4/c1-19(2,21)18-10-9-17(24-18)14-20(11-12-22-3)13-15-5-7-16(23-4)8-6-15/h5-10,21H,11-14H2,1-4H3. The average molecular weight is 333 g/mol. The number of hydrogen-bond acceptors (Lipinski definition) is 5. The second-order valence-corrected chi connectivity index (χ2v) is 6.38. The summed E-state index contributed by atoms with van der Waals surface area (Å²) in [6.45, 7) is 6.32. The highest BCUT2D eigenvalue weighted by Crippen LogP contribution is 2.23.